The van der Waals surface area contributed by atoms with Crippen LogP contribution in [0.15, 0.2) is 24.3 Å². The number of benzene rings is 1. The van der Waals surface area contributed by atoms with Crippen molar-refractivity contribution in [1.29, 1.82) is 0 Å². The second-order valence-electron chi connectivity index (χ2n) is 4.84. The van der Waals surface area contributed by atoms with Gasteiger partial charge in [-0.15, -0.1) is 0 Å². The van der Waals surface area contributed by atoms with E-state index in [0.717, 1.165) is 5.75 Å². The van der Waals surface area contributed by atoms with Gasteiger partial charge in [0.05, 0.1) is 13.2 Å². The maximum Gasteiger partial charge on any atom is 0.326 e. The summed E-state index contributed by atoms with van der Waals surface area (Å²) in [6.45, 7) is 8.89. The molecule has 21 heavy (non-hydrogen) atoms. The van der Waals surface area contributed by atoms with Crippen LogP contribution in [0.4, 0.5) is 0 Å². The average molecular weight is 295 g/mol. The average Bonchev–Trinajstić information content (AvgIpc) is 2.45. The molecule has 0 radical (unpaired) electrons. The Morgan fingerprint density at radius 3 is 2.10 bits per heavy atom. The molecule has 0 saturated carbocycles. The molecule has 1 N–H and O–H groups in total. The molecule has 0 bridgehead atoms. The number of nitrogens with one attached hydrogen (secondary N) is 1. The first-order valence-corrected chi connectivity index (χ1v) is 7.35. The zero-order valence-electron chi connectivity index (χ0n) is 13.2. The minimum atomic E-state index is -0.475. The summed E-state index contributed by atoms with van der Waals surface area (Å²) < 4.78 is 16.1. The summed E-state index contributed by atoms with van der Waals surface area (Å²) in [6.07, 6.45) is 0. The van der Waals surface area contributed by atoms with Crippen LogP contribution in [0, 0.1) is 0 Å². The van der Waals surface area contributed by atoms with Crippen molar-refractivity contribution in [1.82, 2.24) is 5.32 Å². The molecule has 1 atom stereocenters. The smallest absolute Gasteiger partial charge is 0.326 e. The van der Waals surface area contributed by atoms with Crippen LogP contribution in [0.25, 0.3) is 0 Å². The molecule has 5 heteroatoms. The second kappa shape index (κ2) is 9.23. The lowest BCUT2D eigenvalue weighted by Gasteiger charge is -2.20. The van der Waals surface area contributed by atoms with E-state index in [9.17, 15) is 4.79 Å². The molecular formula is C16H25NO4. The Labute approximate surface area is 126 Å². The van der Waals surface area contributed by atoms with Crippen molar-refractivity contribution in [3.63, 3.8) is 0 Å². The van der Waals surface area contributed by atoms with E-state index in [-0.39, 0.29) is 18.6 Å². The normalized spacial score (nSPS) is 12.0. The molecule has 118 valence electrons. The van der Waals surface area contributed by atoms with E-state index < -0.39 is 6.04 Å². The fourth-order valence-corrected chi connectivity index (χ4v) is 1.81. The number of hydrogen-bond acceptors (Lipinski definition) is 5. The van der Waals surface area contributed by atoms with Gasteiger partial charge in [0.25, 0.3) is 0 Å². The van der Waals surface area contributed by atoms with Crippen LogP contribution < -0.4 is 14.8 Å². The van der Waals surface area contributed by atoms with E-state index >= 15 is 0 Å². The van der Waals surface area contributed by atoms with E-state index in [1.807, 2.05) is 45.0 Å². The molecule has 0 aliphatic heterocycles. The summed E-state index contributed by atoms with van der Waals surface area (Å²) >= 11 is 0. The third-order valence-corrected chi connectivity index (χ3v) is 2.66. The van der Waals surface area contributed by atoms with Gasteiger partial charge in [-0.1, -0.05) is 13.8 Å². The largest absolute Gasteiger partial charge is 0.494 e. The highest BCUT2D eigenvalue weighted by molar-refractivity contribution is 5.76. The fraction of sp³-hybridized carbons (Fsp3) is 0.562. The van der Waals surface area contributed by atoms with Crippen molar-refractivity contribution in [3.05, 3.63) is 24.3 Å². The number of hydrogen-bond donors (Lipinski definition) is 1. The molecule has 0 amide bonds. The Morgan fingerprint density at radius 1 is 1.05 bits per heavy atom. The lowest BCUT2D eigenvalue weighted by Crippen LogP contribution is -2.45. The molecule has 0 heterocycles. The molecule has 1 rings (SSSR count). The number of esters is 1. The van der Waals surface area contributed by atoms with E-state index in [0.29, 0.717) is 19.0 Å². The Balaban J connectivity index is 2.56. The topological polar surface area (TPSA) is 56.8 Å². The van der Waals surface area contributed by atoms with Gasteiger partial charge >= 0.3 is 5.97 Å². The van der Waals surface area contributed by atoms with E-state index in [1.165, 1.54) is 0 Å². The van der Waals surface area contributed by atoms with Crippen LogP contribution in [-0.2, 0) is 9.53 Å². The highest BCUT2D eigenvalue weighted by atomic mass is 16.5. The number of rotatable bonds is 9. The van der Waals surface area contributed by atoms with Gasteiger partial charge in [-0.2, -0.15) is 0 Å². The zero-order valence-corrected chi connectivity index (χ0v) is 13.2. The highest BCUT2D eigenvalue weighted by Crippen LogP contribution is 2.17. The van der Waals surface area contributed by atoms with Crippen molar-refractivity contribution in [2.45, 2.75) is 39.8 Å². The summed E-state index contributed by atoms with van der Waals surface area (Å²) in [5, 5.41) is 3.14. The predicted molar refractivity (Wildman–Crippen MR) is 81.8 cm³/mol. The summed E-state index contributed by atoms with van der Waals surface area (Å²) in [6, 6.07) is 7.02. The second-order valence-corrected chi connectivity index (χ2v) is 4.84. The van der Waals surface area contributed by atoms with Crippen molar-refractivity contribution in [2.75, 3.05) is 19.8 Å². The zero-order chi connectivity index (χ0) is 15.7. The summed E-state index contributed by atoms with van der Waals surface area (Å²) in [4.78, 5) is 11.9. The van der Waals surface area contributed by atoms with Crippen LogP contribution in [0.2, 0.25) is 0 Å². The monoisotopic (exact) mass is 295 g/mol. The maximum absolute atomic E-state index is 11.9. The molecule has 1 aromatic rings. The SMILES string of the molecule is CCOC(=O)C(COc1ccc(OCC)cc1)NC(C)C. The van der Waals surface area contributed by atoms with Crippen molar-refractivity contribution >= 4 is 5.97 Å². The first-order valence-electron chi connectivity index (χ1n) is 7.35. The molecule has 0 aromatic heterocycles. The summed E-state index contributed by atoms with van der Waals surface area (Å²) in [5.41, 5.74) is 0. The van der Waals surface area contributed by atoms with Crippen LogP contribution >= 0.6 is 0 Å². The van der Waals surface area contributed by atoms with Gasteiger partial charge < -0.3 is 14.2 Å². The summed E-state index contributed by atoms with van der Waals surface area (Å²) in [5.74, 6) is 1.20. The van der Waals surface area contributed by atoms with Gasteiger partial charge in [-0.05, 0) is 38.1 Å². The highest BCUT2D eigenvalue weighted by Gasteiger charge is 2.21. The van der Waals surface area contributed by atoms with Crippen LogP contribution in [0.1, 0.15) is 27.7 Å². The lowest BCUT2D eigenvalue weighted by atomic mass is 10.2. The quantitative estimate of drug-likeness (QED) is 0.709. The number of carbonyl (C=O) groups excluding carboxylic acids is 1. The molecule has 0 aliphatic rings. The summed E-state index contributed by atoms with van der Waals surface area (Å²) in [7, 11) is 0. The molecule has 0 saturated heterocycles. The van der Waals surface area contributed by atoms with Gasteiger partial charge in [0, 0.05) is 6.04 Å². The first-order chi connectivity index (χ1) is 10.1. The molecule has 0 spiro atoms. The molecule has 0 aliphatic carbocycles. The molecule has 0 fully saturated rings. The molecule has 1 aromatic carbocycles. The van der Waals surface area contributed by atoms with Gasteiger partial charge in [0.15, 0.2) is 0 Å². The predicted octanol–water partition coefficient (Wildman–Crippen LogP) is 2.39. The lowest BCUT2D eigenvalue weighted by molar-refractivity contribution is -0.146. The minimum Gasteiger partial charge on any atom is -0.494 e. The van der Waals surface area contributed by atoms with E-state index in [4.69, 9.17) is 14.2 Å². The van der Waals surface area contributed by atoms with E-state index in [2.05, 4.69) is 5.32 Å². The molecule has 5 nitrogen and oxygen atoms in total. The van der Waals surface area contributed by atoms with Crippen LogP contribution in [0.5, 0.6) is 11.5 Å². The molecular weight excluding hydrogens is 270 g/mol. The minimum absolute atomic E-state index is 0.170. The van der Waals surface area contributed by atoms with Crippen molar-refractivity contribution < 1.29 is 19.0 Å². The van der Waals surface area contributed by atoms with Gasteiger partial charge in [0.1, 0.15) is 24.1 Å². The first kappa shape index (κ1) is 17.3. The third-order valence-electron chi connectivity index (χ3n) is 2.66. The van der Waals surface area contributed by atoms with Crippen LogP contribution in [-0.4, -0.2) is 37.9 Å². The van der Waals surface area contributed by atoms with Gasteiger partial charge in [-0.25, -0.2) is 0 Å². The van der Waals surface area contributed by atoms with Crippen molar-refractivity contribution in [3.8, 4) is 11.5 Å². The Hall–Kier alpha value is -1.75. The third kappa shape index (κ3) is 6.49. The number of ether oxygens (including phenoxy) is 3. The maximum atomic E-state index is 11.9. The van der Waals surface area contributed by atoms with Gasteiger partial charge in [0.2, 0.25) is 0 Å². The Bertz CT molecular complexity index is 417. The fourth-order valence-electron chi connectivity index (χ4n) is 1.81. The van der Waals surface area contributed by atoms with Crippen molar-refractivity contribution in [2.24, 2.45) is 0 Å². The number of carbonyl (C=O) groups is 1. The van der Waals surface area contributed by atoms with E-state index in [1.54, 1.807) is 6.92 Å². The molecule has 1 unspecified atom stereocenters. The van der Waals surface area contributed by atoms with Gasteiger partial charge in [-0.3, -0.25) is 10.1 Å². The standard InChI is InChI=1S/C16H25NO4/c1-5-19-13-7-9-14(10-8-13)21-11-15(17-12(3)4)16(18)20-6-2/h7-10,12,15,17H,5-6,11H2,1-4H3. The Kier molecular flexibility index (Phi) is 7.61. The Morgan fingerprint density at radius 2 is 1.62 bits per heavy atom. The van der Waals surface area contributed by atoms with Crippen LogP contribution in [0.3, 0.4) is 0 Å².